The Kier molecular flexibility index (Phi) is 4.53. The summed E-state index contributed by atoms with van der Waals surface area (Å²) in [5, 5.41) is 0. The number of hydrogen-bond donors (Lipinski definition) is 0. The Morgan fingerprint density at radius 3 is 2.52 bits per heavy atom. The quantitative estimate of drug-likeness (QED) is 0.695. The summed E-state index contributed by atoms with van der Waals surface area (Å²) in [6.45, 7) is 4.62. The zero-order valence-corrected chi connectivity index (χ0v) is 15.4. The molecule has 1 saturated heterocycles. The molecule has 0 aliphatic carbocycles. The van der Waals surface area contributed by atoms with Gasteiger partial charge in [0.2, 0.25) is 5.95 Å². The molecule has 0 bridgehead atoms. The standard InChI is InChI=1S/C19H21N7O/c1-14-12-25(15-3-6-20-7-4-15)9-10-26(14)19-23-17(11-18(27)24(19)2)16-5-8-21-13-22-16/h3-8,11,13-14H,9-10,12H2,1-2H3/t14-/m1/s1. The Morgan fingerprint density at radius 1 is 1.04 bits per heavy atom. The van der Waals surface area contributed by atoms with E-state index in [2.05, 4.69) is 31.7 Å². The van der Waals surface area contributed by atoms with E-state index in [0.29, 0.717) is 17.3 Å². The molecule has 1 aliphatic heterocycles. The van der Waals surface area contributed by atoms with Crippen LogP contribution in [-0.4, -0.2) is 50.2 Å². The lowest BCUT2D eigenvalue weighted by molar-refractivity contribution is 0.529. The van der Waals surface area contributed by atoms with Crippen molar-refractivity contribution in [2.24, 2.45) is 7.05 Å². The number of hydrogen-bond acceptors (Lipinski definition) is 7. The lowest BCUT2D eigenvalue weighted by Crippen LogP contribution is -2.53. The van der Waals surface area contributed by atoms with Crippen LogP contribution in [0.5, 0.6) is 0 Å². The summed E-state index contributed by atoms with van der Waals surface area (Å²) in [6.07, 6.45) is 6.73. The highest BCUT2D eigenvalue weighted by atomic mass is 16.1. The van der Waals surface area contributed by atoms with Crippen molar-refractivity contribution < 1.29 is 0 Å². The van der Waals surface area contributed by atoms with Crippen LogP contribution in [0.1, 0.15) is 6.92 Å². The summed E-state index contributed by atoms with van der Waals surface area (Å²) in [5.74, 6) is 0.665. The van der Waals surface area contributed by atoms with E-state index in [1.165, 1.54) is 12.4 Å². The van der Waals surface area contributed by atoms with Crippen LogP contribution < -0.4 is 15.4 Å². The molecule has 0 aromatic carbocycles. The number of piperazine rings is 1. The summed E-state index contributed by atoms with van der Waals surface area (Å²) < 4.78 is 1.60. The van der Waals surface area contributed by atoms with E-state index in [1.807, 2.05) is 24.5 Å². The van der Waals surface area contributed by atoms with Gasteiger partial charge in [0, 0.05) is 63.1 Å². The number of pyridine rings is 1. The molecule has 1 atom stereocenters. The van der Waals surface area contributed by atoms with E-state index in [-0.39, 0.29) is 11.6 Å². The second-order valence-electron chi connectivity index (χ2n) is 6.63. The molecule has 0 radical (unpaired) electrons. The molecule has 3 aromatic rings. The van der Waals surface area contributed by atoms with E-state index in [1.54, 1.807) is 23.9 Å². The van der Waals surface area contributed by atoms with Crippen molar-refractivity contribution in [1.82, 2.24) is 24.5 Å². The number of nitrogens with zero attached hydrogens (tertiary/aromatic N) is 7. The number of anilines is 2. The molecule has 3 aromatic heterocycles. The van der Waals surface area contributed by atoms with Crippen LogP contribution in [0.4, 0.5) is 11.6 Å². The third kappa shape index (κ3) is 3.38. The average molecular weight is 363 g/mol. The lowest BCUT2D eigenvalue weighted by atomic mass is 10.2. The van der Waals surface area contributed by atoms with E-state index < -0.39 is 0 Å². The van der Waals surface area contributed by atoms with Gasteiger partial charge in [0.25, 0.3) is 5.56 Å². The Hall–Kier alpha value is -3.29. The summed E-state index contributed by atoms with van der Waals surface area (Å²) in [6, 6.07) is 7.52. The highest BCUT2D eigenvalue weighted by molar-refractivity contribution is 5.56. The third-order valence-corrected chi connectivity index (χ3v) is 4.87. The molecule has 8 heteroatoms. The number of rotatable bonds is 3. The van der Waals surface area contributed by atoms with Gasteiger partial charge in [-0.2, -0.15) is 0 Å². The number of aromatic nitrogens is 5. The van der Waals surface area contributed by atoms with Crippen LogP contribution in [0.15, 0.2) is 54.0 Å². The topological polar surface area (TPSA) is 80.0 Å². The van der Waals surface area contributed by atoms with Crippen LogP contribution >= 0.6 is 0 Å². The molecule has 1 aliphatic rings. The largest absolute Gasteiger partial charge is 0.368 e. The highest BCUT2D eigenvalue weighted by Crippen LogP contribution is 2.23. The fourth-order valence-corrected chi connectivity index (χ4v) is 3.40. The minimum absolute atomic E-state index is 0.0997. The van der Waals surface area contributed by atoms with Gasteiger partial charge < -0.3 is 9.80 Å². The van der Waals surface area contributed by atoms with E-state index in [4.69, 9.17) is 4.98 Å². The zero-order valence-electron chi connectivity index (χ0n) is 15.4. The third-order valence-electron chi connectivity index (χ3n) is 4.87. The SMILES string of the molecule is C[C@@H]1CN(c2ccncc2)CCN1c1nc(-c2ccncn2)cc(=O)n1C. The minimum atomic E-state index is -0.0997. The van der Waals surface area contributed by atoms with Crippen LogP contribution in [-0.2, 0) is 7.05 Å². The molecule has 4 rings (SSSR count). The molecule has 0 amide bonds. The van der Waals surface area contributed by atoms with E-state index in [0.717, 1.165) is 25.3 Å². The second kappa shape index (κ2) is 7.14. The van der Waals surface area contributed by atoms with Crippen molar-refractivity contribution in [3.8, 4) is 11.4 Å². The van der Waals surface area contributed by atoms with E-state index >= 15 is 0 Å². The fourth-order valence-electron chi connectivity index (χ4n) is 3.40. The van der Waals surface area contributed by atoms with Crippen molar-refractivity contribution in [3.63, 3.8) is 0 Å². The first-order valence-electron chi connectivity index (χ1n) is 8.89. The molecule has 1 fully saturated rings. The Balaban J connectivity index is 1.64. The molecule has 0 saturated carbocycles. The molecule has 0 spiro atoms. The molecule has 4 heterocycles. The van der Waals surface area contributed by atoms with Gasteiger partial charge in [0.1, 0.15) is 6.33 Å². The van der Waals surface area contributed by atoms with Crippen molar-refractivity contribution in [1.29, 1.82) is 0 Å². The molecule has 27 heavy (non-hydrogen) atoms. The summed E-state index contributed by atoms with van der Waals surface area (Å²) >= 11 is 0. The average Bonchev–Trinajstić information content (AvgIpc) is 2.71. The van der Waals surface area contributed by atoms with Crippen molar-refractivity contribution >= 4 is 11.6 Å². The van der Waals surface area contributed by atoms with Gasteiger partial charge in [-0.1, -0.05) is 0 Å². The molecule has 0 N–H and O–H groups in total. The maximum atomic E-state index is 12.5. The van der Waals surface area contributed by atoms with Crippen LogP contribution in [0, 0.1) is 0 Å². The second-order valence-corrected chi connectivity index (χ2v) is 6.63. The van der Waals surface area contributed by atoms with Crippen molar-refractivity contribution in [2.75, 3.05) is 29.4 Å². The Morgan fingerprint density at radius 2 is 1.81 bits per heavy atom. The summed E-state index contributed by atoms with van der Waals surface area (Å²) in [4.78, 5) is 34.0. The maximum Gasteiger partial charge on any atom is 0.255 e. The fraction of sp³-hybridized carbons (Fsp3) is 0.316. The van der Waals surface area contributed by atoms with E-state index in [9.17, 15) is 4.79 Å². The predicted molar refractivity (Wildman–Crippen MR) is 104 cm³/mol. The molecule has 138 valence electrons. The maximum absolute atomic E-state index is 12.5. The normalized spacial score (nSPS) is 17.2. The van der Waals surface area contributed by atoms with Crippen molar-refractivity contribution in [2.45, 2.75) is 13.0 Å². The van der Waals surface area contributed by atoms with Gasteiger partial charge in [-0.05, 0) is 25.1 Å². The first-order chi connectivity index (χ1) is 13.1. The molecule has 8 nitrogen and oxygen atoms in total. The van der Waals surface area contributed by atoms with Crippen LogP contribution in [0.3, 0.4) is 0 Å². The molecular weight excluding hydrogens is 342 g/mol. The first-order valence-corrected chi connectivity index (χ1v) is 8.89. The monoisotopic (exact) mass is 363 g/mol. The first kappa shape index (κ1) is 17.1. The van der Waals surface area contributed by atoms with Gasteiger partial charge in [0.05, 0.1) is 11.4 Å². The molecular formula is C19H21N7O. The Labute approximate surface area is 157 Å². The summed E-state index contributed by atoms with van der Waals surface area (Å²) in [5.41, 5.74) is 2.27. The summed E-state index contributed by atoms with van der Waals surface area (Å²) in [7, 11) is 1.76. The van der Waals surface area contributed by atoms with Gasteiger partial charge in [-0.15, -0.1) is 0 Å². The van der Waals surface area contributed by atoms with Gasteiger partial charge in [-0.3, -0.25) is 14.3 Å². The smallest absolute Gasteiger partial charge is 0.255 e. The van der Waals surface area contributed by atoms with Gasteiger partial charge in [0.15, 0.2) is 0 Å². The lowest BCUT2D eigenvalue weighted by Gasteiger charge is -2.41. The van der Waals surface area contributed by atoms with Gasteiger partial charge in [-0.25, -0.2) is 15.0 Å². The van der Waals surface area contributed by atoms with Crippen LogP contribution in [0.25, 0.3) is 11.4 Å². The molecule has 0 unspecified atom stereocenters. The van der Waals surface area contributed by atoms with Crippen LogP contribution in [0.2, 0.25) is 0 Å². The van der Waals surface area contributed by atoms with Gasteiger partial charge >= 0.3 is 0 Å². The zero-order chi connectivity index (χ0) is 18.8. The van der Waals surface area contributed by atoms with Crippen molar-refractivity contribution in [3.05, 3.63) is 59.5 Å². The highest BCUT2D eigenvalue weighted by Gasteiger charge is 2.27. The predicted octanol–water partition coefficient (Wildman–Crippen LogP) is 1.35. The Bertz CT molecular complexity index is 974. The minimum Gasteiger partial charge on any atom is -0.368 e.